The Morgan fingerprint density at radius 1 is 0.413 bits per heavy atom. The van der Waals surface area contributed by atoms with Gasteiger partial charge in [-0.1, -0.05) is 155 Å². The molecule has 270 valence electrons. The van der Waals surface area contributed by atoms with Gasteiger partial charge in [-0.15, -0.1) is 0 Å². The van der Waals surface area contributed by atoms with Crippen LogP contribution in [0.1, 0.15) is 207 Å². The molecule has 0 aromatic carbocycles. The molecule has 1 unspecified atom stereocenters. The van der Waals surface area contributed by atoms with Crippen molar-refractivity contribution in [2.75, 3.05) is 13.2 Å². The predicted octanol–water partition coefficient (Wildman–Crippen LogP) is 11.9. The summed E-state index contributed by atoms with van der Waals surface area (Å²) >= 11 is 0. The molecule has 0 radical (unpaired) electrons. The van der Waals surface area contributed by atoms with Crippen molar-refractivity contribution in [2.24, 2.45) is 0 Å². The minimum absolute atomic E-state index is 0.0708. The van der Waals surface area contributed by atoms with E-state index in [1.807, 2.05) is 0 Å². The lowest BCUT2D eigenvalue weighted by Gasteiger charge is -2.18. The summed E-state index contributed by atoms with van der Waals surface area (Å²) in [4.78, 5) is 37.2. The van der Waals surface area contributed by atoms with Crippen molar-refractivity contribution in [2.45, 2.75) is 213 Å². The third-order valence-corrected chi connectivity index (χ3v) is 8.52. The summed E-state index contributed by atoms with van der Waals surface area (Å²) in [6.45, 7) is 6.52. The first-order chi connectivity index (χ1) is 22.5. The van der Waals surface area contributed by atoms with E-state index in [9.17, 15) is 14.4 Å². The van der Waals surface area contributed by atoms with Crippen molar-refractivity contribution in [3.8, 4) is 0 Å². The molecule has 0 saturated carbocycles. The van der Waals surface area contributed by atoms with Crippen LogP contribution >= 0.6 is 0 Å². The van der Waals surface area contributed by atoms with E-state index in [4.69, 9.17) is 14.2 Å². The van der Waals surface area contributed by atoms with Gasteiger partial charge in [0.25, 0.3) is 0 Å². The van der Waals surface area contributed by atoms with Gasteiger partial charge < -0.3 is 14.2 Å². The Bertz CT molecular complexity index is 719. The van der Waals surface area contributed by atoms with Crippen LogP contribution < -0.4 is 0 Å². The quantitative estimate of drug-likeness (QED) is 0.0294. The zero-order chi connectivity index (χ0) is 33.8. The van der Waals surface area contributed by atoms with Gasteiger partial charge in [0.2, 0.25) is 0 Å². The number of carbonyl (C=O) groups is 3. The summed E-state index contributed by atoms with van der Waals surface area (Å²) in [6, 6.07) is 0. The van der Waals surface area contributed by atoms with E-state index in [1.165, 1.54) is 103 Å². The zero-order valence-corrected chi connectivity index (χ0v) is 30.6. The Morgan fingerprint density at radius 2 is 0.717 bits per heavy atom. The smallest absolute Gasteiger partial charge is 0.306 e. The number of rotatable bonds is 35. The van der Waals surface area contributed by atoms with Gasteiger partial charge in [0.1, 0.15) is 13.2 Å². The first-order valence-corrected chi connectivity index (χ1v) is 19.7. The van der Waals surface area contributed by atoms with Crippen LogP contribution in [-0.4, -0.2) is 37.2 Å². The summed E-state index contributed by atoms with van der Waals surface area (Å²) in [5.41, 5.74) is 0. The molecule has 0 fully saturated rings. The molecule has 0 aromatic heterocycles. The van der Waals surface area contributed by atoms with Crippen molar-refractivity contribution in [1.82, 2.24) is 0 Å². The second kappa shape index (κ2) is 36.0. The molecule has 0 N–H and O–H groups in total. The highest BCUT2D eigenvalue weighted by atomic mass is 16.6. The predicted molar refractivity (Wildman–Crippen MR) is 192 cm³/mol. The van der Waals surface area contributed by atoms with Crippen LogP contribution in [0.15, 0.2) is 12.2 Å². The van der Waals surface area contributed by atoms with Gasteiger partial charge in [-0.25, -0.2) is 0 Å². The lowest BCUT2D eigenvalue weighted by Crippen LogP contribution is -2.30. The van der Waals surface area contributed by atoms with Gasteiger partial charge in [0, 0.05) is 19.3 Å². The molecule has 0 bridgehead atoms. The maximum Gasteiger partial charge on any atom is 0.306 e. The van der Waals surface area contributed by atoms with Crippen molar-refractivity contribution in [1.29, 1.82) is 0 Å². The minimum Gasteiger partial charge on any atom is -0.462 e. The molecule has 0 rings (SSSR count). The number of hydrogen-bond donors (Lipinski definition) is 0. The topological polar surface area (TPSA) is 78.9 Å². The van der Waals surface area contributed by atoms with E-state index in [0.29, 0.717) is 19.3 Å². The summed E-state index contributed by atoms with van der Waals surface area (Å²) < 4.78 is 16.5. The monoisotopic (exact) mass is 651 g/mol. The molecular weight excluding hydrogens is 576 g/mol. The average molecular weight is 651 g/mol. The Balaban J connectivity index is 4.30. The lowest BCUT2D eigenvalue weighted by molar-refractivity contribution is -0.167. The lowest BCUT2D eigenvalue weighted by atomic mass is 10.1. The van der Waals surface area contributed by atoms with E-state index in [1.54, 1.807) is 0 Å². The van der Waals surface area contributed by atoms with Crippen LogP contribution in [0, 0.1) is 0 Å². The standard InChI is InChI=1S/C40H74O6/c1-4-7-10-13-16-18-19-20-21-23-24-27-30-33-39(42)45-36-37(35-44-38(41)32-29-26-15-12-9-6-3)46-40(43)34-31-28-25-22-17-14-11-8-5-2/h18-19,37H,4-17,20-36H2,1-3H3/b19-18-. The first kappa shape index (κ1) is 44.1. The molecule has 1 atom stereocenters. The number of hydrogen-bond acceptors (Lipinski definition) is 6. The molecular formula is C40H74O6. The maximum absolute atomic E-state index is 12.5. The number of ether oxygens (including phenoxy) is 3. The molecule has 0 spiro atoms. The molecule has 0 heterocycles. The Kier molecular flexibility index (Phi) is 34.5. The normalized spacial score (nSPS) is 12.0. The fraction of sp³-hybridized carbons (Fsp3) is 0.875. The molecule has 46 heavy (non-hydrogen) atoms. The molecule has 0 aliphatic rings. The van der Waals surface area contributed by atoms with E-state index in [0.717, 1.165) is 64.2 Å². The van der Waals surface area contributed by atoms with Gasteiger partial charge in [0.05, 0.1) is 0 Å². The molecule has 0 saturated heterocycles. The number of unbranched alkanes of at least 4 members (excludes halogenated alkanes) is 22. The summed E-state index contributed by atoms with van der Waals surface area (Å²) in [5, 5.41) is 0. The fourth-order valence-electron chi connectivity index (χ4n) is 5.49. The van der Waals surface area contributed by atoms with E-state index in [-0.39, 0.29) is 31.1 Å². The van der Waals surface area contributed by atoms with Crippen molar-refractivity contribution >= 4 is 17.9 Å². The highest BCUT2D eigenvalue weighted by molar-refractivity contribution is 5.71. The van der Waals surface area contributed by atoms with Crippen LogP contribution in [0.2, 0.25) is 0 Å². The van der Waals surface area contributed by atoms with Crippen LogP contribution in [0.25, 0.3) is 0 Å². The largest absolute Gasteiger partial charge is 0.462 e. The maximum atomic E-state index is 12.5. The van der Waals surface area contributed by atoms with Gasteiger partial charge in [0.15, 0.2) is 6.10 Å². The third kappa shape index (κ3) is 33.5. The SMILES string of the molecule is CCCCCC/C=C\CCCCCCCC(=O)OCC(COC(=O)CCCCCCCC)OC(=O)CCCCCCCCCCC. The second-order valence-corrected chi connectivity index (χ2v) is 13.2. The van der Waals surface area contributed by atoms with Crippen LogP contribution in [0.4, 0.5) is 0 Å². The van der Waals surface area contributed by atoms with Gasteiger partial charge in [-0.3, -0.25) is 14.4 Å². The summed E-state index contributed by atoms with van der Waals surface area (Å²) in [5.74, 6) is -0.893. The fourth-order valence-corrected chi connectivity index (χ4v) is 5.49. The van der Waals surface area contributed by atoms with Gasteiger partial charge >= 0.3 is 17.9 Å². The average Bonchev–Trinajstić information content (AvgIpc) is 3.05. The Morgan fingerprint density at radius 3 is 1.11 bits per heavy atom. The summed E-state index contributed by atoms with van der Waals surface area (Å²) in [6.07, 6.45) is 35.0. The second-order valence-electron chi connectivity index (χ2n) is 13.2. The molecule has 0 amide bonds. The van der Waals surface area contributed by atoms with Crippen LogP contribution in [-0.2, 0) is 28.6 Å². The van der Waals surface area contributed by atoms with Gasteiger partial charge in [-0.2, -0.15) is 0 Å². The van der Waals surface area contributed by atoms with Crippen molar-refractivity contribution < 1.29 is 28.6 Å². The number of esters is 3. The number of carbonyl (C=O) groups excluding carboxylic acids is 3. The Hall–Kier alpha value is -1.85. The molecule has 6 nitrogen and oxygen atoms in total. The Labute approximate surface area is 284 Å². The highest BCUT2D eigenvalue weighted by Gasteiger charge is 2.19. The zero-order valence-electron chi connectivity index (χ0n) is 30.6. The van der Waals surface area contributed by atoms with E-state index < -0.39 is 6.10 Å². The van der Waals surface area contributed by atoms with Crippen LogP contribution in [0.5, 0.6) is 0 Å². The molecule has 0 aromatic rings. The summed E-state index contributed by atoms with van der Waals surface area (Å²) in [7, 11) is 0. The third-order valence-electron chi connectivity index (χ3n) is 8.52. The minimum atomic E-state index is -0.761. The number of allylic oxidation sites excluding steroid dienone is 2. The highest BCUT2D eigenvalue weighted by Crippen LogP contribution is 2.13. The van der Waals surface area contributed by atoms with Crippen molar-refractivity contribution in [3.05, 3.63) is 12.2 Å². The van der Waals surface area contributed by atoms with Crippen LogP contribution in [0.3, 0.4) is 0 Å². The molecule has 0 aliphatic heterocycles. The van der Waals surface area contributed by atoms with E-state index >= 15 is 0 Å². The molecule has 0 aliphatic carbocycles. The molecule has 6 heteroatoms. The van der Waals surface area contributed by atoms with Gasteiger partial charge in [-0.05, 0) is 44.9 Å². The van der Waals surface area contributed by atoms with Crippen molar-refractivity contribution in [3.63, 3.8) is 0 Å². The van der Waals surface area contributed by atoms with E-state index in [2.05, 4.69) is 32.9 Å². The first-order valence-electron chi connectivity index (χ1n) is 19.7.